The van der Waals surface area contributed by atoms with Crippen LogP contribution in [0.1, 0.15) is 38.3 Å². The van der Waals surface area contributed by atoms with Crippen LogP contribution < -0.4 is 10.6 Å². The minimum absolute atomic E-state index is 0.0265. The van der Waals surface area contributed by atoms with Crippen LogP contribution in [0.5, 0.6) is 0 Å². The van der Waals surface area contributed by atoms with Crippen LogP contribution in [0.2, 0.25) is 0 Å². The minimum Gasteiger partial charge on any atom is -0.392 e. The first-order valence-electron chi connectivity index (χ1n) is 9.91. The maximum atomic E-state index is 12.2. The normalized spacial score (nSPS) is 12.0. The van der Waals surface area contributed by atoms with E-state index >= 15 is 0 Å². The first-order valence-corrected chi connectivity index (χ1v) is 9.91. The number of esters is 2. The number of amides is 2. The topological polar surface area (TPSA) is 235 Å². The SMILES string of the molecule is CC(=O)OC(=O)[C@H](Cc1c[nH]cn1)NC(=O)CCNC(=O)CCC[C@@H](CO[N+](=O)[O-])O[N+](=O)[O-]. The number of carbonyl (C=O) groups is 4. The molecule has 2 atom stereocenters. The largest absolute Gasteiger partial charge is 0.392 e. The van der Waals surface area contributed by atoms with Gasteiger partial charge in [-0.05, 0) is 12.8 Å². The monoisotopic (exact) mass is 488 g/mol. The zero-order chi connectivity index (χ0) is 25.5. The van der Waals surface area contributed by atoms with Gasteiger partial charge in [0, 0.05) is 38.9 Å². The summed E-state index contributed by atoms with van der Waals surface area (Å²) in [4.78, 5) is 82.7. The lowest BCUT2D eigenvalue weighted by Crippen LogP contribution is -2.44. The molecule has 0 unspecified atom stereocenters. The lowest BCUT2D eigenvalue weighted by atomic mass is 10.1. The van der Waals surface area contributed by atoms with E-state index in [0.29, 0.717) is 5.69 Å². The van der Waals surface area contributed by atoms with Crippen LogP contribution >= 0.6 is 0 Å². The van der Waals surface area contributed by atoms with Crippen molar-refractivity contribution >= 4 is 23.8 Å². The fraction of sp³-hybridized carbons (Fsp3) is 0.588. The Morgan fingerprint density at radius 2 is 1.88 bits per heavy atom. The molecule has 17 heteroatoms. The van der Waals surface area contributed by atoms with Crippen molar-refractivity contribution in [2.24, 2.45) is 0 Å². The lowest BCUT2D eigenvalue weighted by molar-refractivity contribution is -0.790. The molecule has 0 aromatic carbocycles. The predicted octanol–water partition coefficient (Wildman–Crippen LogP) is -1.01. The molecule has 1 aromatic heterocycles. The molecule has 0 aliphatic rings. The van der Waals surface area contributed by atoms with E-state index in [0.717, 1.165) is 6.92 Å². The average Bonchev–Trinajstić information content (AvgIpc) is 3.23. The van der Waals surface area contributed by atoms with Gasteiger partial charge in [0.05, 0.1) is 12.0 Å². The van der Waals surface area contributed by atoms with E-state index in [9.17, 15) is 39.4 Å². The molecule has 0 spiro atoms. The van der Waals surface area contributed by atoms with Crippen LogP contribution in [-0.4, -0.2) is 69.2 Å². The van der Waals surface area contributed by atoms with Crippen LogP contribution in [0, 0.1) is 20.2 Å². The third kappa shape index (κ3) is 12.5. The van der Waals surface area contributed by atoms with E-state index in [1.54, 1.807) is 0 Å². The molecule has 0 aliphatic heterocycles. The number of nitrogens with zero attached hydrogens (tertiary/aromatic N) is 3. The number of imidazole rings is 1. The Kier molecular flexibility index (Phi) is 12.0. The van der Waals surface area contributed by atoms with Crippen molar-refractivity contribution in [1.29, 1.82) is 0 Å². The Balaban J connectivity index is 2.40. The standard InChI is InChI=1S/C17H24N6O11/c1-11(24)33-17(27)14(7-12-8-18-10-20-12)21-16(26)5-6-19-15(25)4-2-3-13(34-23(30)31)9-32-22(28)29/h8,10,13-14H,2-7,9H2,1H3,(H,18,20)(H,19,25)(H,21,26)/t13-,14-/m0/s1. The van der Waals surface area contributed by atoms with Gasteiger partial charge < -0.3 is 30.0 Å². The Hall–Kier alpha value is -4.31. The third-order valence-corrected chi connectivity index (χ3v) is 4.04. The summed E-state index contributed by atoms with van der Waals surface area (Å²) in [5.41, 5.74) is 0.446. The maximum Gasteiger partial charge on any atom is 0.336 e. The van der Waals surface area contributed by atoms with Gasteiger partial charge in [0.15, 0.2) is 0 Å². The smallest absolute Gasteiger partial charge is 0.336 e. The zero-order valence-corrected chi connectivity index (χ0v) is 18.1. The fourth-order valence-corrected chi connectivity index (χ4v) is 2.61. The molecule has 188 valence electrons. The van der Waals surface area contributed by atoms with Gasteiger partial charge >= 0.3 is 11.9 Å². The summed E-state index contributed by atoms with van der Waals surface area (Å²) >= 11 is 0. The fourth-order valence-electron chi connectivity index (χ4n) is 2.61. The zero-order valence-electron chi connectivity index (χ0n) is 18.1. The molecule has 0 aliphatic carbocycles. The van der Waals surface area contributed by atoms with E-state index in [1.807, 2.05) is 0 Å². The van der Waals surface area contributed by atoms with E-state index in [2.05, 4.69) is 35.0 Å². The second-order valence-electron chi connectivity index (χ2n) is 6.76. The number of aromatic amines is 1. The number of nitrogens with one attached hydrogen (secondary N) is 3. The molecule has 1 heterocycles. The maximum absolute atomic E-state index is 12.2. The summed E-state index contributed by atoms with van der Waals surface area (Å²) in [7, 11) is 0. The Bertz CT molecular complexity index is 860. The van der Waals surface area contributed by atoms with Gasteiger partial charge in [0.25, 0.3) is 10.2 Å². The van der Waals surface area contributed by atoms with Gasteiger partial charge in [-0.2, -0.15) is 0 Å². The predicted molar refractivity (Wildman–Crippen MR) is 107 cm³/mol. The summed E-state index contributed by atoms with van der Waals surface area (Å²) in [6.07, 6.45) is 1.38. The average molecular weight is 488 g/mol. The first-order chi connectivity index (χ1) is 16.1. The molecular formula is C17H24N6O11. The Morgan fingerprint density at radius 3 is 2.47 bits per heavy atom. The molecule has 2 amide bonds. The Morgan fingerprint density at radius 1 is 1.15 bits per heavy atom. The molecule has 0 bridgehead atoms. The number of aromatic nitrogens is 2. The molecule has 0 radical (unpaired) electrons. The third-order valence-electron chi connectivity index (χ3n) is 4.04. The van der Waals surface area contributed by atoms with Crippen molar-refractivity contribution in [3.63, 3.8) is 0 Å². The van der Waals surface area contributed by atoms with Gasteiger partial charge in [-0.25, -0.2) is 9.78 Å². The number of hydrogen-bond acceptors (Lipinski definition) is 12. The summed E-state index contributed by atoms with van der Waals surface area (Å²) in [6, 6.07) is -1.17. The molecular weight excluding hydrogens is 464 g/mol. The number of rotatable bonds is 16. The molecule has 1 rings (SSSR count). The first kappa shape index (κ1) is 27.7. The number of H-pyrrole nitrogens is 1. The second-order valence-corrected chi connectivity index (χ2v) is 6.76. The molecule has 0 saturated heterocycles. The summed E-state index contributed by atoms with van der Waals surface area (Å²) in [5, 5.41) is 23.2. The second kappa shape index (κ2) is 14.7. The number of hydrogen-bond donors (Lipinski definition) is 3. The van der Waals surface area contributed by atoms with Crippen molar-refractivity contribution in [3.05, 3.63) is 38.4 Å². The van der Waals surface area contributed by atoms with E-state index in [-0.39, 0.29) is 38.6 Å². The molecule has 0 saturated carbocycles. The number of ether oxygens (including phenoxy) is 1. The van der Waals surface area contributed by atoms with E-state index < -0.39 is 52.7 Å². The van der Waals surface area contributed by atoms with E-state index in [4.69, 9.17) is 0 Å². The Labute approximate surface area is 191 Å². The highest BCUT2D eigenvalue weighted by Gasteiger charge is 2.25. The molecule has 34 heavy (non-hydrogen) atoms. The molecule has 17 nitrogen and oxygen atoms in total. The quantitative estimate of drug-likeness (QED) is 0.110. The van der Waals surface area contributed by atoms with Crippen molar-refractivity contribution in [3.8, 4) is 0 Å². The van der Waals surface area contributed by atoms with Gasteiger partial charge in [0.2, 0.25) is 11.8 Å². The van der Waals surface area contributed by atoms with Gasteiger partial charge in [-0.3, -0.25) is 14.4 Å². The van der Waals surface area contributed by atoms with Crippen LogP contribution in [0.25, 0.3) is 0 Å². The highest BCUT2D eigenvalue weighted by molar-refractivity contribution is 5.90. The van der Waals surface area contributed by atoms with Crippen LogP contribution in [-0.2, 0) is 40.0 Å². The summed E-state index contributed by atoms with van der Waals surface area (Å²) < 4.78 is 4.52. The molecule has 1 aromatic rings. The van der Waals surface area contributed by atoms with Crippen LogP contribution in [0.15, 0.2) is 12.5 Å². The summed E-state index contributed by atoms with van der Waals surface area (Å²) in [6.45, 7) is 0.296. The van der Waals surface area contributed by atoms with E-state index in [1.165, 1.54) is 12.5 Å². The van der Waals surface area contributed by atoms with Crippen LogP contribution in [0.4, 0.5) is 0 Å². The van der Waals surface area contributed by atoms with Crippen molar-refractivity contribution in [2.45, 2.75) is 51.2 Å². The van der Waals surface area contributed by atoms with Crippen molar-refractivity contribution < 1.29 is 43.8 Å². The molecule has 3 N–H and O–H groups in total. The number of carbonyl (C=O) groups excluding carboxylic acids is 4. The van der Waals surface area contributed by atoms with Crippen molar-refractivity contribution in [2.75, 3.05) is 13.2 Å². The van der Waals surface area contributed by atoms with Gasteiger partial charge in [-0.1, -0.05) is 0 Å². The van der Waals surface area contributed by atoms with Gasteiger partial charge in [-0.15, -0.1) is 20.2 Å². The molecule has 0 fully saturated rings. The van der Waals surface area contributed by atoms with Crippen LogP contribution in [0.3, 0.4) is 0 Å². The van der Waals surface area contributed by atoms with Crippen molar-refractivity contribution in [1.82, 2.24) is 20.6 Å². The highest BCUT2D eigenvalue weighted by Crippen LogP contribution is 2.07. The highest BCUT2D eigenvalue weighted by atomic mass is 17.0. The minimum atomic E-state index is -1.22. The van der Waals surface area contributed by atoms with Gasteiger partial charge in [0.1, 0.15) is 18.8 Å². The lowest BCUT2D eigenvalue weighted by Gasteiger charge is -2.16. The summed E-state index contributed by atoms with van der Waals surface area (Å²) in [5.74, 6) is -2.88.